The standard InChI is InChI=1S/C11H16O/c1-3-4-5-6-7-8-9-10-11(2)12/h3-6,9-10H,7-8H2,1-2H3/b4-3+,6-5-,10-9+. The molecule has 1 nitrogen and oxygen atoms in total. The van der Waals surface area contributed by atoms with E-state index < -0.39 is 0 Å². The third-order valence-corrected chi connectivity index (χ3v) is 1.29. The van der Waals surface area contributed by atoms with Crippen LogP contribution in [0.1, 0.15) is 26.7 Å². The molecule has 0 amide bonds. The maximum atomic E-state index is 10.5. The van der Waals surface area contributed by atoms with Crippen LogP contribution in [0.25, 0.3) is 0 Å². The second-order valence-electron chi connectivity index (χ2n) is 2.54. The van der Waals surface area contributed by atoms with Gasteiger partial charge in [0, 0.05) is 0 Å². The smallest absolute Gasteiger partial charge is 0.152 e. The van der Waals surface area contributed by atoms with E-state index in [0.717, 1.165) is 12.8 Å². The van der Waals surface area contributed by atoms with Crippen molar-refractivity contribution in [2.24, 2.45) is 0 Å². The molecule has 0 aromatic heterocycles. The van der Waals surface area contributed by atoms with Gasteiger partial charge in [0.25, 0.3) is 0 Å². The minimum absolute atomic E-state index is 0.118. The van der Waals surface area contributed by atoms with Gasteiger partial charge < -0.3 is 0 Å². The minimum atomic E-state index is 0.118. The van der Waals surface area contributed by atoms with Gasteiger partial charge in [-0.2, -0.15) is 0 Å². The first kappa shape index (κ1) is 10.9. The van der Waals surface area contributed by atoms with Gasteiger partial charge in [0.05, 0.1) is 0 Å². The number of hydrogen-bond acceptors (Lipinski definition) is 1. The Labute approximate surface area is 74.5 Å². The summed E-state index contributed by atoms with van der Waals surface area (Å²) in [4.78, 5) is 10.5. The molecule has 0 aliphatic heterocycles. The number of hydrogen-bond donors (Lipinski definition) is 0. The van der Waals surface area contributed by atoms with Crippen LogP contribution in [0.4, 0.5) is 0 Å². The molecule has 0 saturated carbocycles. The molecule has 0 radical (unpaired) electrons. The zero-order valence-corrected chi connectivity index (χ0v) is 7.79. The first-order valence-electron chi connectivity index (χ1n) is 4.22. The molecule has 0 aliphatic carbocycles. The fourth-order valence-electron chi connectivity index (χ4n) is 0.728. The molecular formula is C11H16O. The first-order chi connectivity index (χ1) is 5.77. The molecule has 0 spiro atoms. The fourth-order valence-corrected chi connectivity index (χ4v) is 0.728. The average Bonchev–Trinajstić information content (AvgIpc) is 2.02. The van der Waals surface area contributed by atoms with Crippen LogP contribution in [-0.2, 0) is 4.79 Å². The van der Waals surface area contributed by atoms with Crippen LogP contribution in [-0.4, -0.2) is 5.78 Å². The predicted octanol–water partition coefficient (Wildman–Crippen LogP) is 3.04. The Kier molecular flexibility index (Phi) is 7.25. The van der Waals surface area contributed by atoms with Crippen molar-refractivity contribution < 1.29 is 4.79 Å². The van der Waals surface area contributed by atoms with E-state index in [9.17, 15) is 4.79 Å². The molecule has 1 heteroatoms. The summed E-state index contributed by atoms with van der Waals surface area (Å²) < 4.78 is 0. The van der Waals surface area contributed by atoms with Crippen molar-refractivity contribution in [2.75, 3.05) is 0 Å². The highest BCUT2D eigenvalue weighted by Crippen LogP contribution is 1.93. The number of unbranched alkanes of at least 4 members (excludes halogenated alkanes) is 1. The summed E-state index contributed by atoms with van der Waals surface area (Å²) in [6.07, 6.45) is 13.5. The van der Waals surface area contributed by atoms with Gasteiger partial charge in [0.2, 0.25) is 0 Å². The normalized spacial score (nSPS) is 12.2. The van der Waals surface area contributed by atoms with Gasteiger partial charge in [-0.05, 0) is 32.8 Å². The van der Waals surface area contributed by atoms with Crippen molar-refractivity contribution in [3.05, 3.63) is 36.5 Å². The molecule has 0 aromatic rings. The molecule has 0 saturated heterocycles. The van der Waals surface area contributed by atoms with E-state index in [1.165, 1.54) is 0 Å². The topological polar surface area (TPSA) is 17.1 Å². The van der Waals surface area contributed by atoms with Gasteiger partial charge in [-0.25, -0.2) is 0 Å². The van der Waals surface area contributed by atoms with Gasteiger partial charge in [0.15, 0.2) is 5.78 Å². The molecule has 0 aliphatic rings. The third kappa shape index (κ3) is 8.89. The Bertz CT molecular complexity index is 197. The lowest BCUT2D eigenvalue weighted by atomic mass is 10.2. The molecular weight excluding hydrogens is 148 g/mol. The van der Waals surface area contributed by atoms with Crippen LogP contribution in [0.5, 0.6) is 0 Å². The minimum Gasteiger partial charge on any atom is -0.295 e. The lowest BCUT2D eigenvalue weighted by molar-refractivity contribution is -0.112. The molecule has 0 bridgehead atoms. The van der Waals surface area contributed by atoms with Crippen LogP contribution in [0.3, 0.4) is 0 Å². The van der Waals surface area contributed by atoms with Crippen molar-refractivity contribution in [1.29, 1.82) is 0 Å². The molecule has 0 aromatic carbocycles. The van der Waals surface area contributed by atoms with E-state index in [1.807, 2.05) is 31.2 Å². The largest absolute Gasteiger partial charge is 0.295 e. The monoisotopic (exact) mass is 164 g/mol. The number of carbonyl (C=O) groups excluding carboxylic acids is 1. The highest BCUT2D eigenvalue weighted by atomic mass is 16.1. The van der Waals surface area contributed by atoms with Crippen LogP contribution < -0.4 is 0 Å². The summed E-state index contributed by atoms with van der Waals surface area (Å²) in [7, 11) is 0. The Morgan fingerprint density at radius 2 is 1.83 bits per heavy atom. The van der Waals surface area contributed by atoms with E-state index in [4.69, 9.17) is 0 Å². The molecule has 0 N–H and O–H groups in total. The molecule has 0 heterocycles. The quantitative estimate of drug-likeness (QED) is 0.347. The summed E-state index contributed by atoms with van der Waals surface area (Å²) in [5, 5.41) is 0. The highest BCUT2D eigenvalue weighted by Gasteiger charge is 1.80. The fraction of sp³-hybridized carbons (Fsp3) is 0.364. The number of rotatable bonds is 5. The molecule has 0 atom stereocenters. The maximum Gasteiger partial charge on any atom is 0.152 e. The maximum absolute atomic E-state index is 10.5. The van der Waals surface area contributed by atoms with Crippen molar-refractivity contribution in [1.82, 2.24) is 0 Å². The zero-order chi connectivity index (χ0) is 9.23. The molecule has 0 rings (SSSR count). The average molecular weight is 164 g/mol. The molecule has 0 unspecified atom stereocenters. The SMILES string of the molecule is C/C=C/C=C\CC/C=C/C(C)=O. The Morgan fingerprint density at radius 1 is 1.17 bits per heavy atom. The van der Waals surface area contributed by atoms with E-state index in [1.54, 1.807) is 13.0 Å². The summed E-state index contributed by atoms with van der Waals surface area (Å²) in [5.41, 5.74) is 0. The number of carbonyl (C=O) groups is 1. The Hall–Kier alpha value is -1.11. The van der Waals surface area contributed by atoms with Crippen molar-refractivity contribution in [2.45, 2.75) is 26.7 Å². The van der Waals surface area contributed by atoms with Gasteiger partial charge in [-0.15, -0.1) is 0 Å². The van der Waals surface area contributed by atoms with Gasteiger partial charge >= 0.3 is 0 Å². The summed E-state index contributed by atoms with van der Waals surface area (Å²) in [5.74, 6) is 0.118. The lowest BCUT2D eigenvalue weighted by Crippen LogP contribution is -1.78. The predicted molar refractivity (Wildman–Crippen MR) is 53.0 cm³/mol. The van der Waals surface area contributed by atoms with E-state index >= 15 is 0 Å². The zero-order valence-electron chi connectivity index (χ0n) is 7.79. The third-order valence-electron chi connectivity index (χ3n) is 1.29. The lowest BCUT2D eigenvalue weighted by Gasteiger charge is -1.84. The van der Waals surface area contributed by atoms with E-state index in [0.29, 0.717) is 0 Å². The van der Waals surface area contributed by atoms with Crippen LogP contribution in [0.2, 0.25) is 0 Å². The Balaban J connectivity index is 3.38. The van der Waals surface area contributed by atoms with E-state index in [-0.39, 0.29) is 5.78 Å². The number of allylic oxidation sites excluding steroid dienone is 6. The summed E-state index contributed by atoms with van der Waals surface area (Å²) in [6, 6.07) is 0. The summed E-state index contributed by atoms with van der Waals surface area (Å²) >= 11 is 0. The van der Waals surface area contributed by atoms with Crippen molar-refractivity contribution >= 4 is 5.78 Å². The molecule has 0 fully saturated rings. The van der Waals surface area contributed by atoms with Gasteiger partial charge in [-0.1, -0.05) is 30.4 Å². The van der Waals surface area contributed by atoms with Crippen molar-refractivity contribution in [3.63, 3.8) is 0 Å². The van der Waals surface area contributed by atoms with Crippen LogP contribution >= 0.6 is 0 Å². The first-order valence-corrected chi connectivity index (χ1v) is 4.22. The second kappa shape index (κ2) is 7.99. The number of ketones is 1. The Morgan fingerprint density at radius 3 is 2.42 bits per heavy atom. The molecule has 66 valence electrons. The second-order valence-corrected chi connectivity index (χ2v) is 2.54. The van der Waals surface area contributed by atoms with E-state index in [2.05, 4.69) is 6.08 Å². The van der Waals surface area contributed by atoms with Crippen LogP contribution in [0.15, 0.2) is 36.5 Å². The molecule has 12 heavy (non-hydrogen) atoms. The summed E-state index contributed by atoms with van der Waals surface area (Å²) in [6.45, 7) is 3.55. The van der Waals surface area contributed by atoms with Gasteiger partial charge in [-0.3, -0.25) is 4.79 Å². The van der Waals surface area contributed by atoms with Gasteiger partial charge in [0.1, 0.15) is 0 Å². The van der Waals surface area contributed by atoms with Crippen molar-refractivity contribution in [3.8, 4) is 0 Å². The van der Waals surface area contributed by atoms with Crippen LogP contribution in [0, 0.1) is 0 Å². The highest BCUT2D eigenvalue weighted by molar-refractivity contribution is 5.87.